The molecule has 1 saturated heterocycles. The minimum absolute atomic E-state index is 0. The number of imidazole rings is 1. The van der Waals surface area contributed by atoms with E-state index in [1.165, 1.54) is 25.7 Å². The van der Waals surface area contributed by atoms with Crippen molar-refractivity contribution in [2.45, 2.75) is 45.6 Å². The quantitative estimate of drug-likeness (QED) is 0.443. The number of aromatic nitrogens is 2. The Balaban J connectivity index is 0.00000192. The van der Waals surface area contributed by atoms with Crippen LogP contribution in [-0.4, -0.2) is 46.6 Å². The highest BCUT2D eigenvalue weighted by Gasteiger charge is 2.29. The van der Waals surface area contributed by atoms with Crippen molar-refractivity contribution in [3.05, 3.63) is 18.7 Å². The number of hydrogen-bond acceptors (Lipinski definition) is 2. The van der Waals surface area contributed by atoms with Crippen molar-refractivity contribution in [3.8, 4) is 0 Å². The molecule has 0 bridgehead atoms. The van der Waals surface area contributed by atoms with Gasteiger partial charge < -0.3 is 14.8 Å². The molecule has 0 spiro atoms. The van der Waals surface area contributed by atoms with Gasteiger partial charge in [0.1, 0.15) is 0 Å². The van der Waals surface area contributed by atoms with Gasteiger partial charge in [-0.15, -0.1) is 24.0 Å². The molecule has 0 aromatic carbocycles. The molecule has 5 nitrogen and oxygen atoms in total. The molecule has 2 unspecified atom stereocenters. The minimum atomic E-state index is 0. The number of nitrogens with zero attached hydrogens (tertiary/aromatic N) is 4. The molecule has 1 aromatic rings. The van der Waals surface area contributed by atoms with Crippen LogP contribution in [0.5, 0.6) is 0 Å². The first-order valence-corrected chi connectivity index (χ1v) is 8.78. The van der Waals surface area contributed by atoms with Gasteiger partial charge in [0.05, 0.1) is 12.4 Å². The summed E-state index contributed by atoms with van der Waals surface area (Å²) in [4.78, 5) is 11.5. The number of halogens is 1. The molecular weight excluding hydrogens is 401 g/mol. The first-order valence-electron chi connectivity index (χ1n) is 8.78. The first kappa shape index (κ1) is 18.5. The monoisotopic (exact) mass is 431 g/mol. The van der Waals surface area contributed by atoms with Crippen LogP contribution in [0.1, 0.15) is 45.6 Å². The van der Waals surface area contributed by atoms with Crippen molar-refractivity contribution >= 4 is 29.9 Å². The van der Waals surface area contributed by atoms with Gasteiger partial charge in [0, 0.05) is 38.6 Å². The number of hydrogen-bond donors (Lipinski definition) is 1. The molecule has 1 N–H and O–H groups in total. The number of likely N-dealkylation sites (tertiary alicyclic amines) is 1. The molecule has 2 atom stereocenters. The topological polar surface area (TPSA) is 45.5 Å². The van der Waals surface area contributed by atoms with Gasteiger partial charge in [0.2, 0.25) is 0 Å². The van der Waals surface area contributed by atoms with Crippen LogP contribution >= 0.6 is 24.0 Å². The van der Waals surface area contributed by atoms with Crippen LogP contribution in [0.2, 0.25) is 0 Å². The van der Waals surface area contributed by atoms with E-state index >= 15 is 0 Å². The average Bonchev–Trinajstić information content (AvgIpc) is 3.18. The van der Waals surface area contributed by atoms with E-state index in [0.29, 0.717) is 12.0 Å². The summed E-state index contributed by atoms with van der Waals surface area (Å²) in [7, 11) is 0. The van der Waals surface area contributed by atoms with Crippen LogP contribution in [0, 0.1) is 11.8 Å². The molecule has 2 aliphatic rings. The fourth-order valence-electron chi connectivity index (χ4n) is 3.28. The van der Waals surface area contributed by atoms with Crippen molar-refractivity contribution in [1.29, 1.82) is 0 Å². The number of rotatable bonds is 5. The van der Waals surface area contributed by atoms with E-state index in [2.05, 4.69) is 39.8 Å². The Morgan fingerprint density at radius 2 is 2.17 bits per heavy atom. The molecule has 1 aliphatic carbocycles. The second-order valence-corrected chi connectivity index (χ2v) is 6.76. The Kier molecular flexibility index (Phi) is 7.17. The zero-order valence-electron chi connectivity index (χ0n) is 14.3. The molecule has 0 radical (unpaired) electrons. The third-order valence-corrected chi connectivity index (χ3v) is 4.96. The molecule has 1 saturated carbocycles. The molecule has 3 rings (SSSR count). The van der Waals surface area contributed by atoms with Gasteiger partial charge in [0.25, 0.3) is 0 Å². The number of nitrogens with one attached hydrogen (secondary N) is 1. The van der Waals surface area contributed by atoms with Gasteiger partial charge in [-0.05, 0) is 31.6 Å². The van der Waals surface area contributed by atoms with E-state index in [4.69, 9.17) is 4.99 Å². The SMILES string of the molecule is CCNC(=NCCC1CC1)N1CCC(C)C(n2ccnc2)C1.I. The summed E-state index contributed by atoms with van der Waals surface area (Å²) in [6.45, 7) is 8.52. The summed E-state index contributed by atoms with van der Waals surface area (Å²) in [5.41, 5.74) is 0. The predicted octanol–water partition coefficient (Wildman–Crippen LogP) is 3.15. The van der Waals surface area contributed by atoms with Gasteiger partial charge >= 0.3 is 0 Å². The van der Waals surface area contributed by atoms with Gasteiger partial charge in [-0.2, -0.15) is 0 Å². The third kappa shape index (κ3) is 5.09. The van der Waals surface area contributed by atoms with Gasteiger partial charge in [-0.1, -0.05) is 19.8 Å². The highest BCUT2D eigenvalue weighted by Crippen LogP contribution is 2.32. The lowest BCUT2D eigenvalue weighted by molar-refractivity contribution is 0.189. The van der Waals surface area contributed by atoms with E-state index in [-0.39, 0.29) is 24.0 Å². The molecular formula is C17H30IN5. The lowest BCUT2D eigenvalue weighted by Crippen LogP contribution is -2.49. The summed E-state index contributed by atoms with van der Waals surface area (Å²) in [6.07, 6.45) is 11.2. The maximum Gasteiger partial charge on any atom is 0.193 e. The molecule has 0 amide bonds. The molecule has 130 valence electrons. The van der Waals surface area contributed by atoms with Crippen LogP contribution in [-0.2, 0) is 0 Å². The lowest BCUT2D eigenvalue weighted by Gasteiger charge is -2.39. The Labute approximate surface area is 157 Å². The van der Waals surface area contributed by atoms with Crippen molar-refractivity contribution in [3.63, 3.8) is 0 Å². The Bertz CT molecular complexity index is 483. The molecule has 2 heterocycles. The predicted molar refractivity (Wildman–Crippen MR) is 105 cm³/mol. The van der Waals surface area contributed by atoms with Crippen LogP contribution < -0.4 is 5.32 Å². The highest BCUT2D eigenvalue weighted by atomic mass is 127. The van der Waals surface area contributed by atoms with E-state index in [1.807, 2.05) is 12.5 Å². The fraction of sp³-hybridized carbons (Fsp3) is 0.765. The summed E-state index contributed by atoms with van der Waals surface area (Å²) in [6, 6.07) is 0.489. The second-order valence-electron chi connectivity index (χ2n) is 6.76. The van der Waals surface area contributed by atoms with E-state index in [9.17, 15) is 0 Å². The highest BCUT2D eigenvalue weighted by molar-refractivity contribution is 14.0. The number of guanidine groups is 1. The summed E-state index contributed by atoms with van der Waals surface area (Å²) >= 11 is 0. The average molecular weight is 431 g/mol. The third-order valence-electron chi connectivity index (χ3n) is 4.96. The van der Waals surface area contributed by atoms with E-state index in [0.717, 1.165) is 38.1 Å². The van der Waals surface area contributed by atoms with Gasteiger partial charge in [-0.3, -0.25) is 4.99 Å². The van der Waals surface area contributed by atoms with Crippen molar-refractivity contribution in [2.24, 2.45) is 16.8 Å². The first-order chi connectivity index (χ1) is 10.8. The number of aliphatic imine (C=N–C) groups is 1. The zero-order valence-corrected chi connectivity index (χ0v) is 16.6. The van der Waals surface area contributed by atoms with Gasteiger partial charge in [0.15, 0.2) is 5.96 Å². The van der Waals surface area contributed by atoms with Crippen molar-refractivity contribution in [2.75, 3.05) is 26.2 Å². The largest absolute Gasteiger partial charge is 0.357 e. The maximum absolute atomic E-state index is 4.86. The summed E-state index contributed by atoms with van der Waals surface area (Å²) in [5, 5.41) is 3.48. The van der Waals surface area contributed by atoms with Crippen LogP contribution in [0.25, 0.3) is 0 Å². The molecule has 23 heavy (non-hydrogen) atoms. The normalized spacial score (nSPS) is 25.1. The van der Waals surface area contributed by atoms with Crippen LogP contribution in [0.4, 0.5) is 0 Å². The molecule has 6 heteroatoms. The van der Waals surface area contributed by atoms with Gasteiger partial charge in [-0.25, -0.2) is 4.98 Å². The summed E-state index contributed by atoms with van der Waals surface area (Å²) < 4.78 is 2.25. The zero-order chi connectivity index (χ0) is 15.4. The Hall–Kier alpha value is -0.790. The fourth-order valence-corrected chi connectivity index (χ4v) is 3.28. The standard InChI is InChI=1S/C17H29N5.HI/c1-3-19-17(20-8-6-15-4-5-15)21-10-7-14(2)16(12-21)22-11-9-18-13-22;/h9,11,13-16H,3-8,10,12H2,1-2H3,(H,19,20);1H. The molecule has 2 fully saturated rings. The second kappa shape index (κ2) is 8.89. The summed E-state index contributed by atoms with van der Waals surface area (Å²) in [5.74, 6) is 2.73. The van der Waals surface area contributed by atoms with Crippen molar-refractivity contribution in [1.82, 2.24) is 19.8 Å². The number of piperidine rings is 1. The van der Waals surface area contributed by atoms with Crippen LogP contribution in [0.3, 0.4) is 0 Å². The Morgan fingerprint density at radius 1 is 1.35 bits per heavy atom. The molecule has 1 aliphatic heterocycles. The van der Waals surface area contributed by atoms with E-state index < -0.39 is 0 Å². The molecule has 1 aromatic heterocycles. The Morgan fingerprint density at radius 3 is 2.83 bits per heavy atom. The van der Waals surface area contributed by atoms with Crippen molar-refractivity contribution < 1.29 is 0 Å². The smallest absolute Gasteiger partial charge is 0.193 e. The lowest BCUT2D eigenvalue weighted by atomic mass is 9.93. The maximum atomic E-state index is 4.86. The van der Waals surface area contributed by atoms with E-state index in [1.54, 1.807) is 0 Å². The minimum Gasteiger partial charge on any atom is -0.357 e. The van der Waals surface area contributed by atoms with Crippen LogP contribution in [0.15, 0.2) is 23.7 Å².